The molecule has 1 heterocycles. The maximum Gasteiger partial charge on any atom is 0.322 e. The molecule has 0 aliphatic heterocycles. The van der Waals surface area contributed by atoms with Gasteiger partial charge in [0, 0.05) is 21.2 Å². The first-order chi connectivity index (χ1) is 8.12. The molecule has 96 valence electrons. The van der Waals surface area contributed by atoms with E-state index in [0.717, 1.165) is 0 Å². The summed E-state index contributed by atoms with van der Waals surface area (Å²) in [5.41, 5.74) is 0. The summed E-state index contributed by atoms with van der Waals surface area (Å²) in [5, 5.41) is 2.87. The summed E-state index contributed by atoms with van der Waals surface area (Å²) < 4.78 is 10.1. The summed E-state index contributed by atoms with van der Waals surface area (Å²) in [4.78, 5) is 14.4. The largest absolute Gasteiger partial charge is 0.467 e. The Morgan fingerprint density at radius 2 is 2.00 bits per heavy atom. The van der Waals surface area contributed by atoms with Gasteiger partial charge in [-0.25, -0.2) is 0 Å². The number of aromatic nitrogens is 3. The van der Waals surface area contributed by atoms with Gasteiger partial charge in [-0.2, -0.15) is 15.0 Å². The lowest BCUT2D eigenvalue weighted by Crippen LogP contribution is -2.34. The van der Waals surface area contributed by atoms with Gasteiger partial charge >= 0.3 is 6.01 Å². The van der Waals surface area contributed by atoms with Crippen molar-refractivity contribution in [1.29, 1.82) is 0 Å². The highest BCUT2D eigenvalue weighted by Gasteiger charge is 2.15. The minimum atomic E-state index is 0.164. The van der Waals surface area contributed by atoms with E-state index >= 15 is 0 Å². The van der Waals surface area contributed by atoms with Crippen LogP contribution in [0.15, 0.2) is 0 Å². The third-order valence-corrected chi connectivity index (χ3v) is 2.39. The van der Waals surface area contributed by atoms with E-state index in [2.05, 4.69) is 20.3 Å². The van der Waals surface area contributed by atoms with E-state index in [4.69, 9.17) is 9.47 Å². The summed E-state index contributed by atoms with van der Waals surface area (Å²) in [7, 11) is 6.84. The highest BCUT2D eigenvalue weighted by atomic mass is 16.5. The third kappa shape index (κ3) is 3.42. The van der Waals surface area contributed by atoms with Gasteiger partial charge in [0.25, 0.3) is 0 Å². The Balaban J connectivity index is 2.95. The van der Waals surface area contributed by atoms with Crippen LogP contribution in [-0.4, -0.2) is 55.9 Å². The van der Waals surface area contributed by atoms with Crippen molar-refractivity contribution in [3.8, 4) is 6.01 Å². The number of nitrogens with one attached hydrogen (secondary N) is 1. The van der Waals surface area contributed by atoms with Crippen molar-refractivity contribution in [1.82, 2.24) is 15.0 Å². The molecular formula is C10H19N5O2. The second kappa shape index (κ2) is 6.19. The van der Waals surface area contributed by atoms with E-state index < -0.39 is 0 Å². The Morgan fingerprint density at radius 1 is 1.29 bits per heavy atom. The molecule has 0 saturated carbocycles. The number of rotatable bonds is 6. The maximum absolute atomic E-state index is 5.10. The lowest BCUT2D eigenvalue weighted by Gasteiger charge is -2.24. The Morgan fingerprint density at radius 3 is 2.53 bits per heavy atom. The predicted molar refractivity (Wildman–Crippen MR) is 65.7 cm³/mol. The number of hydrogen-bond donors (Lipinski definition) is 1. The molecular weight excluding hydrogens is 222 g/mol. The number of hydrogen-bond acceptors (Lipinski definition) is 7. The Kier molecular flexibility index (Phi) is 4.89. The van der Waals surface area contributed by atoms with E-state index in [-0.39, 0.29) is 12.1 Å². The highest BCUT2D eigenvalue weighted by molar-refractivity contribution is 5.38. The summed E-state index contributed by atoms with van der Waals surface area (Å²) in [6.07, 6.45) is 0. The topological polar surface area (TPSA) is 72.4 Å². The third-order valence-electron chi connectivity index (χ3n) is 2.39. The summed E-state index contributed by atoms with van der Waals surface area (Å²) in [5.74, 6) is 1.02. The molecule has 0 bridgehead atoms. The molecule has 1 aromatic heterocycles. The van der Waals surface area contributed by atoms with Gasteiger partial charge in [-0.15, -0.1) is 0 Å². The first-order valence-corrected chi connectivity index (χ1v) is 5.32. The van der Waals surface area contributed by atoms with E-state index in [9.17, 15) is 0 Å². The molecule has 17 heavy (non-hydrogen) atoms. The quantitative estimate of drug-likeness (QED) is 0.772. The van der Waals surface area contributed by atoms with Crippen LogP contribution in [0.2, 0.25) is 0 Å². The normalized spacial score (nSPS) is 12.1. The van der Waals surface area contributed by atoms with Crippen molar-refractivity contribution in [2.45, 2.75) is 13.0 Å². The van der Waals surface area contributed by atoms with Gasteiger partial charge in [-0.1, -0.05) is 0 Å². The van der Waals surface area contributed by atoms with E-state index in [0.29, 0.717) is 18.5 Å². The standard InChI is InChI=1S/C10H19N5O2/c1-7(6-16-4)15(3)9-12-8(11-2)13-10(14-9)17-5/h7H,6H2,1-5H3,(H,11,12,13,14). The van der Waals surface area contributed by atoms with Crippen LogP contribution in [0.5, 0.6) is 6.01 Å². The second-order valence-corrected chi connectivity index (χ2v) is 3.61. The maximum atomic E-state index is 5.10. The zero-order valence-corrected chi connectivity index (χ0v) is 10.9. The molecule has 0 fully saturated rings. The van der Waals surface area contributed by atoms with Crippen molar-refractivity contribution < 1.29 is 9.47 Å². The minimum absolute atomic E-state index is 0.164. The average Bonchev–Trinajstić information content (AvgIpc) is 2.37. The van der Waals surface area contributed by atoms with Gasteiger partial charge < -0.3 is 19.7 Å². The van der Waals surface area contributed by atoms with Crippen molar-refractivity contribution in [2.24, 2.45) is 0 Å². The van der Waals surface area contributed by atoms with Crippen LogP contribution >= 0.6 is 0 Å². The fraction of sp³-hybridized carbons (Fsp3) is 0.700. The van der Waals surface area contributed by atoms with E-state index in [1.165, 1.54) is 7.11 Å². The first-order valence-electron chi connectivity index (χ1n) is 5.32. The van der Waals surface area contributed by atoms with Crippen LogP contribution in [0, 0.1) is 0 Å². The molecule has 0 aromatic carbocycles. The fourth-order valence-corrected chi connectivity index (χ4v) is 1.26. The van der Waals surface area contributed by atoms with Crippen molar-refractivity contribution in [3.63, 3.8) is 0 Å². The molecule has 1 unspecified atom stereocenters. The number of anilines is 2. The molecule has 0 radical (unpaired) electrons. The number of methoxy groups -OCH3 is 2. The SMILES string of the molecule is CNc1nc(OC)nc(N(C)C(C)COC)n1. The minimum Gasteiger partial charge on any atom is -0.467 e. The number of nitrogens with zero attached hydrogens (tertiary/aromatic N) is 4. The first kappa shape index (κ1) is 13.4. The molecule has 7 heteroatoms. The molecule has 1 aromatic rings. The summed E-state index contributed by atoms with van der Waals surface area (Å²) in [6, 6.07) is 0.452. The number of ether oxygens (including phenoxy) is 2. The smallest absolute Gasteiger partial charge is 0.322 e. The van der Waals surface area contributed by atoms with Crippen molar-refractivity contribution in [2.75, 3.05) is 45.1 Å². The molecule has 1 rings (SSSR count). The lowest BCUT2D eigenvalue weighted by molar-refractivity contribution is 0.183. The highest BCUT2D eigenvalue weighted by Crippen LogP contribution is 2.15. The lowest BCUT2D eigenvalue weighted by atomic mass is 10.3. The Bertz CT molecular complexity index is 338. The zero-order valence-electron chi connectivity index (χ0n) is 10.9. The fourth-order valence-electron chi connectivity index (χ4n) is 1.26. The van der Waals surface area contributed by atoms with Gasteiger partial charge in [0.1, 0.15) is 0 Å². The molecule has 7 nitrogen and oxygen atoms in total. The van der Waals surface area contributed by atoms with Gasteiger partial charge in [0.2, 0.25) is 11.9 Å². The molecule has 0 aliphatic rings. The van der Waals surface area contributed by atoms with Gasteiger partial charge in [0.15, 0.2) is 0 Å². The molecule has 0 saturated heterocycles. The predicted octanol–water partition coefficient (Wildman–Crippen LogP) is 0.393. The van der Waals surface area contributed by atoms with E-state index in [1.54, 1.807) is 14.2 Å². The molecule has 0 spiro atoms. The van der Waals surface area contributed by atoms with Crippen LogP contribution in [0.25, 0.3) is 0 Å². The summed E-state index contributed by atoms with van der Waals surface area (Å²) >= 11 is 0. The molecule has 0 aliphatic carbocycles. The van der Waals surface area contributed by atoms with Crippen LogP contribution in [0.3, 0.4) is 0 Å². The molecule has 0 amide bonds. The molecule has 1 atom stereocenters. The van der Waals surface area contributed by atoms with Crippen LogP contribution < -0.4 is 15.0 Å². The zero-order chi connectivity index (χ0) is 12.8. The summed E-state index contributed by atoms with van der Waals surface area (Å²) in [6.45, 7) is 2.62. The monoisotopic (exact) mass is 241 g/mol. The number of likely N-dealkylation sites (N-methyl/N-ethyl adjacent to an activating group) is 1. The van der Waals surface area contributed by atoms with E-state index in [1.807, 2.05) is 18.9 Å². The van der Waals surface area contributed by atoms with Crippen LogP contribution in [-0.2, 0) is 4.74 Å². The second-order valence-electron chi connectivity index (χ2n) is 3.61. The van der Waals surface area contributed by atoms with Crippen LogP contribution in [0.4, 0.5) is 11.9 Å². The van der Waals surface area contributed by atoms with Crippen molar-refractivity contribution >= 4 is 11.9 Å². The Labute approximate surface area is 101 Å². The average molecular weight is 241 g/mol. The van der Waals surface area contributed by atoms with Gasteiger partial charge in [0.05, 0.1) is 19.8 Å². The van der Waals surface area contributed by atoms with Gasteiger partial charge in [-0.05, 0) is 6.92 Å². The van der Waals surface area contributed by atoms with Crippen LogP contribution in [0.1, 0.15) is 6.92 Å². The Hall–Kier alpha value is -1.63. The van der Waals surface area contributed by atoms with Crippen molar-refractivity contribution in [3.05, 3.63) is 0 Å². The van der Waals surface area contributed by atoms with Gasteiger partial charge in [-0.3, -0.25) is 0 Å². The molecule has 1 N–H and O–H groups in total.